The first kappa shape index (κ1) is 14.7. The van der Waals surface area contributed by atoms with E-state index in [1.54, 1.807) is 0 Å². The van der Waals surface area contributed by atoms with Crippen LogP contribution >= 0.6 is 11.3 Å². The number of nitrogens with zero attached hydrogens (tertiary/aromatic N) is 1. The van der Waals surface area contributed by atoms with Gasteiger partial charge < -0.3 is 4.74 Å². The quantitative estimate of drug-likeness (QED) is 0.599. The molecule has 0 atom stereocenters. The number of nitrogens with one attached hydrogen (secondary N) is 1. The Kier molecular flexibility index (Phi) is 3.84. The third kappa shape index (κ3) is 2.94. The molecule has 0 saturated heterocycles. The van der Waals surface area contributed by atoms with E-state index in [2.05, 4.69) is 22.4 Å². The molecule has 24 heavy (non-hydrogen) atoms. The van der Waals surface area contributed by atoms with Gasteiger partial charge in [0.1, 0.15) is 5.75 Å². The highest BCUT2D eigenvalue weighted by Crippen LogP contribution is 2.31. The largest absolute Gasteiger partial charge is 0.484 e. The van der Waals surface area contributed by atoms with Gasteiger partial charge in [0.15, 0.2) is 11.7 Å². The summed E-state index contributed by atoms with van der Waals surface area (Å²) in [5.74, 6) is 0.449. The predicted octanol–water partition coefficient (Wildman–Crippen LogP) is 4.47. The number of para-hydroxylation sites is 1. The predicted molar refractivity (Wildman–Crippen MR) is 97.7 cm³/mol. The van der Waals surface area contributed by atoms with Crippen LogP contribution in [-0.4, -0.2) is 17.5 Å². The van der Waals surface area contributed by atoms with Crippen LogP contribution in [0.4, 0.5) is 5.13 Å². The summed E-state index contributed by atoms with van der Waals surface area (Å²) in [6, 6.07) is 21.5. The first-order valence-corrected chi connectivity index (χ1v) is 8.37. The Labute approximate surface area is 142 Å². The van der Waals surface area contributed by atoms with Crippen LogP contribution in [0.3, 0.4) is 0 Å². The Bertz CT molecular complexity index is 1010. The zero-order chi connectivity index (χ0) is 16.4. The molecule has 0 unspecified atom stereocenters. The van der Waals surface area contributed by atoms with E-state index in [0.29, 0.717) is 10.9 Å². The Morgan fingerprint density at radius 1 is 1.00 bits per heavy atom. The van der Waals surface area contributed by atoms with Crippen molar-refractivity contribution in [2.45, 2.75) is 0 Å². The fraction of sp³-hybridized carbons (Fsp3) is 0.0526. The number of fused-ring (bicyclic) bond motifs is 3. The monoisotopic (exact) mass is 334 g/mol. The van der Waals surface area contributed by atoms with Crippen LogP contribution in [0, 0.1) is 0 Å². The molecular weight excluding hydrogens is 320 g/mol. The van der Waals surface area contributed by atoms with Gasteiger partial charge in [0.05, 0.1) is 10.2 Å². The molecular formula is C19H14N2O2S. The summed E-state index contributed by atoms with van der Waals surface area (Å²) in [6.07, 6.45) is 0. The van der Waals surface area contributed by atoms with Crippen LogP contribution in [0.5, 0.6) is 5.75 Å². The molecule has 4 nitrogen and oxygen atoms in total. The van der Waals surface area contributed by atoms with Gasteiger partial charge in [0.2, 0.25) is 0 Å². The van der Waals surface area contributed by atoms with Crippen LogP contribution in [0.15, 0.2) is 66.7 Å². The average molecular weight is 334 g/mol. The number of rotatable bonds is 4. The van der Waals surface area contributed by atoms with Crippen molar-refractivity contribution in [2.75, 3.05) is 11.9 Å². The maximum absolute atomic E-state index is 12.1. The van der Waals surface area contributed by atoms with Gasteiger partial charge in [-0.05, 0) is 23.6 Å². The number of benzene rings is 3. The lowest BCUT2D eigenvalue weighted by Gasteiger charge is -2.04. The van der Waals surface area contributed by atoms with Gasteiger partial charge in [-0.25, -0.2) is 4.98 Å². The van der Waals surface area contributed by atoms with Crippen molar-refractivity contribution < 1.29 is 9.53 Å². The second-order valence-electron chi connectivity index (χ2n) is 5.30. The van der Waals surface area contributed by atoms with E-state index >= 15 is 0 Å². The van der Waals surface area contributed by atoms with E-state index in [0.717, 1.165) is 21.0 Å². The minimum absolute atomic E-state index is 0.0410. The number of hydrogen-bond acceptors (Lipinski definition) is 4. The zero-order valence-electron chi connectivity index (χ0n) is 12.7. The molecule has 1 N–H and O–H groups in total. The Morgan fingerprint density at radius 2 is 1.79 bits per heavy atom. The molecule has 3 aromatic carbocycles. The molecule has 1 heterocycles. The van der Waals surface area contributed by atoms with Crippen molar-refractivity contribution in [3.63, 3.8) is 0 Å². The fourth-order valence-electron chi connectivity index (χ4n) is 2.54. The van der Waals surface area contributed by atoms with Gasteiger partial charge in [0, 0.05) is 5.39 Å². The molecule has 0 aliphatic rings. The highest BCUT2D eigenvalue weighted by Gasteiger charge is 2.10. The van der Waals surface area contributed by atoms with E-state index in [4.69, 9.17) is 4.74 Å². The molecule has 0 aliphatic heterocycles. The highest BCUT2D eigenvalue weighted by molar-refractivity contribution is 7.22. The molecule has 1 amide bonds. The third-order valence-corrected chi connectivity index (χ3v) is 4.58. The SMILES string of the molecule is O=C(COc1ccccc1)Nc1nc2c(ccc3ccccc32)s1. The molecule has 4 aromatic rings. The summed E-state index contributed by atoms with van der Waals surface area (Å²) in [5, 5.41) is 5.63. The van der Waals surface area contributed by atoms with Crippen molar-refractivity contribution in [3.05, 3.63) is 66.7 Å². The van der Waals surface area contributed by atoms with Gasteiger partial charge in [-0.3, -0.25) is 10.1 Å². The number of carbonyl (C=O) groups is 1. The van der Waals surface area contributed by atoms with Gasteiger partial charge in [0.25, 0.3) is 5.91 Å². The van der Waals surface area contributed by atoms with Gasteiger partial charge in [-0.15, -0.1) is 0 Å². The van der Waals surface area contributed by atoms with Crippen LogP contribution in [-0.2, 0) is 4.79 Å². The summed E-state index contributed by atoms with van der Waals surface area (Å²) >= 11 is 1.46. The summed E-state index contributed by atoms with van der Waals surface area (Å²) in [4.78, 5) is 16.6. The van der Waals surface area contributed by atoms with Crippen LogP contribution < -0.4 is 10.1 Å². The van der Waals surface area contributed by atoms with Gasteiger partial charge >= 0.3 is 0 Å². The first-order valence-electron chi connectivity index (χ1n) is 7.55. The second-order valence-corrected chi connectivity index (χ2v) is 6.33. The number of aromatic nitrogens is 1. The van der Waals surface area contributed by atoms with E-state index in [-0.39, 0.29) is 12.5 Å². The number of hydrogen-bond donors (Lipinski definition) is 1. The van der Waals surface area contributed by atoms with Gasteiger partial charge in [-0.2, -0.15) is 0 Å². The lowest BCUT2D eigenvalue weighted by molar-refractivity contribution is -0.118. The number of carbonyl (C=O) groups excluding carboxylic acids is 1. The number of anilines is 1. The lowest BCUT2D eigenvalue weighted by Crippen LogP contribution is -2.19. The number of amides is 1. The maximum atomic E-state index is 12.1. The van der Waals surface area contributed by atoms with E-state index < -0.39 is 0 Å². The molecule has 0 saturated carbocycles. The van der Waals surface area contributed by atoms with Crippen molar-refractivity contribution in [1.82, 2.24) is 4.98 Å². The first-order chi connectivity index (χ1) is 11.8. The van der Waals surface area contributed by atoms with Crippen LogP contribution in [0.25, 0.3) is 21.0 Å². The molecule has 1 aromatic heterocycles. The molecule has 0 aliphatic carbocycles. The molecule has 0 spiro atoms. The molecule has 0 bridgehead atoms. The third-order valence-electron chi connectivity index (χ3n) is 3.64. The number of thiazole rings is 1. The molecule has 4 rings (SSSR count). The van der Waals surface area contributed by atoms with E-state index in [1.165, 1.54) is 11.3 Å². The van der Waals surface area contributed by atoms with E-state index in [9.17, 15) is 4.79 Å². The maximum Gasteiger partial charge on any atom is 0.264 e. The van der Waals surface area contributed by atoms with Crippen molar-refractivity contribution in [1.29, 1.82) is 0 Å². The van der Waals surface area contributed by atoms with Crippen molar-refractivity contribution >= 4 is 43.4 Å². The standard InChI is InChI=1S/C19H14N2O2S/c22-17(12-23-14-7-2-1-3-8-14)20-19-21-18-15-9-5-4-6-13(15)10-11-16(18)24-19/h1-11H,12H2,(H,20,21,22). The number of ether oxygens (including phenoxy) is 1. The van der Waals surface area contributed by atoms with Crippen molar-refractivity contribution in [3.8, 4) is 5.75 Å². The lowest BCUT2D eigenvalue weighted by atomic mass is 10.1. The molecule has 0 radical (unpaired) electrons. The fourth-order valence-corrected chi connectivity index (χ4v) is 3.43. The van der Waals surface area contributed by atoms with Crippen LogP contribution in [0.2, 0.25) is 0 Å². The summed E-state index contributed by atoms with van der Waals surface area (Å²) in [7, 11) is 0. The highest BCUT2D eigenvalue weighted by atomic mass is 32.1. The summed E-state index contributed by atoms with van der Waals surface area (Å²) in [5.41, 5.74) is 0.914. The topological polar surface area (TPSA) is 51.2 Å². The Hall–Kier alpha value is -2.92. The average Bonchev–Trinajstić information content (AvgIpc) is 3.04. The van der Waals surface area contributed by atoms with Gasteiger partial charge in [-0.1, -0.05) is 59.9 Å². The molecule has 5 heteroatoms. The Balaban J connectivity index is 1.52. The minimum Gasteiger partial charge on any atom is -0.484 e. The smallest absolute Gasteiger partial charge is 0.264 e. The minimum atomic E-state index is -0.220. The summed E-state index contributed by atoms with van der Waals surface area (Å²) in [6.45, 7) is -0.0410. The zero-order valence-corrected chi connectivity index (χ0v) is 13.5. The van der Waals surface area contributed by atoms with Crippen LogP contribution in [0.1, 0.15) is 0 Å². The normalized spacial score (nSPS) is 10.8. The summed E-state index contributed by atoms with van der Waals surface area (Å²) < 4.78 is 6.50. The Morgan fingerprint density at radius 3 is 2.67 bits per heavy atom. The molecule has 0 fully saturated rings. The van der Waals surface area contributed by atoms with E-state index in [1.807, 2.05) is 54.6 Å². The second kappa shape index (κ2) is 6.29. The van der Waals surface area contributed by atoms with Crippen molar-refractivity contribution in [2.24, 2.45) is 0 Å². The molecule has 118 valence electrons.